The van der Waals surface area contributed by atoms with Crippen molar-refractivity contribution in [3.05, 3.63) is 71.0 Å². The molecule has 0 aliphatic carbocycles. The minimum atomic E-state index is 0.161. The molecule has 5 rings (SSSR count). The van der Waals surface area contributed by atoms with Crippen LogP contribution in [0.3, 0.4) is 0 Å². The highest BCUT2D eigenvalue weighted by atomic mass is 32.2. The molecule has 1 fully saturated rings. The number of nitrogens with zero attached hydrogens (tertiary/aromatic N) is 5. The molecule has 4 aromatic rings. The van der Waals surface area contributed by atoms with E-state index in [0.29, 0.717) is 11.7 Å². The van der Waals surface area contributed by atoms with E-state index in [1.54, 1.807) is 11.3 Å². The van der Waals surface area contributed by atoms with Crippen LogP contribution in [0.2, 0.25) is 0 Å². The highest BCUT2D eigenvalue weighted by molar-refractivity contribution is 7.99. The lowest BCUT2D eigenvalue weighted by atomic mass is 9.99. The Morgan fingerprint density at radius 2 is 1.94 bits per heavy atom. The Bertz CT molecular complexity index is 1190. The molecule has 1 aliphatic rings. The number of carbonyl (C=O) groups is 1. The molecule has 0 saturated carbocycles. The number of aromatic nitrogens is 4. The first-order valence-corrected chi connectivity index (χ1v) is 12.7. The summed E-state index contributed by atoms with van der Waals surface area (Å²) in [6, 6.07) is 18.5. The molecule has 32 heavy (non-hydrogen) atoms. The normalized spacial score (nSPS) is 16.5. The number of piperidine rings is 1. The Labute approximate surface area is 195 Å². The summed E-state index contributed by atoms with van der Waals surface area (Å²) < 4.78 is 3.21. The number of hydrogen-bond acceptors (Lipinski definition) is 6. The Hall–Kier alpha value is -2.71. The predicted molar refractivity (Wildman–Crippen MR) is 129 cm³/mol. The minimum absolute atomic E-state index is 0.161. The van der Waals surface area contributed by atoms with Crippen molar-refractivity contribution in [3.8, 4) is 0 Å². The van der Waals surface area contributed by atoms with Gasteiger partial charge in [-0.05, 0) is 30.5 Å². The van der Waals surface area contributed by atoms with Gasteiger partial charge in [0.25, 0.3) is 0 Å². The van der Waals surface area contributed by atoms with E-state index in [0.717, 1.165) is 53.9 Å². The van der Waals surface area contributed by atoms with Crippen LogP contribution in [0.1, 0.15) is 35.2 Å². The summed E-state index contributed by atoms with van der Waals surface area (Å²) in [6.45, 7) is 1.57. The van der Waals surface area contributed by atoms with Gasteiger partial charge in [-0.1, -0.05) is 54.2 Å². The van der Waals surface area contributed by atoms with E-state index in [-0.39, 0.29) is 5.91 Å². The summed E-state index contributed by atoms with van der Waals surface area (Å²) in [6.07, 6.45) is 2.83. The number of rotatable bonds is 6. The number of amides is 1. The van der Waals surface area contributed by atoms with Gasteiger partial charge in [0.2, 0.25) is 5.91 Å². The van der Waals surface area contributed by atoms with Crippen molar-refractivity contribution in [2.45, 2.75) is 30.3 Å². The van der Waals surface area contributed by atoms with Crippen LogP contribution >= 0.6 is 23.1 Å². The van der Waals surface area contributed by atoms with Crippen LogP contribution in [-0.2, 0) is 18.3 Å². The van der Waals surface area contributed by atoms with Crippen molar-refractivity contribution in [1.82, 2.24) is 24.6 Å². The van der Waals surface area contributed by atoms with Gasteiger partial charge in [-0.15, -0.1) is 21.5 Å². The van der Waals surface area contributed by atoms with Crippen LogP contribution in [-0.4, -0.2) is 49.4 Å². The van der Waals surface area contributed by atoms with Gasteiger partial charge in [0.15, 0.2) is 5.16 Å². The van der Waals surface area contributed by atoms with Crippen LogP contribution in [0, 0.1) is 0 Å². The molecule has 6 nitrogen and oxygen atoms in total. The second kappa shape index (κ2) is 9.42. The molecule has 1 saturated heterocycles. The lowest BCUT2D eigenvalue weighted by Gasteiger charge is -2.31. The molecular weight excluding hydrogens is 438 g/mol. The van der Waals surface area contributed by atoms with Gasteiger partial charge in [-0.3, -0.25) is 4.79 Å². The molecule has 164 valence electrons. The fourth-order valence-electron chi connectivity index (χ4n) is 4.09. The maximum Gasteiger partial charge on any atom is 0.233 e. The topological polar surface area (TPSA) is 63.9 Å². The summed E-state index contributed by atoms with van der Waals surface area (Å²) in [5.74, 6) is 1.76. The first-order valence-electron chi connectivity index (χ1n) is 10.9. The first kappa shape index (κ1) is 21.2. The average Bonchev–Trinajstić information content (AvgIpc) is 3.42. The summed E-state index contributed by atoms with van der Waals surface area (Å²) in [5.41, 5.74) is 2.25. The van der Waals surface area contributed by atoms with Gasteiger partial charge in [0.1, 0.15) is 5.82 Å². The number of thiazole rings is 1. The Morgan fingerprint density at radius 1 is 1.12 bits per heavy atom. The van der Waals surface area contributed by atoms with E-state index in [4.69, 9.17) is 4.98 Å². The fourth-order valence-corrected chi connectivity index (χ4v) is 6.02. The third-order valence-electron chi connectivity index (χ3n) is 5.89. The zero-order valence-electron chi connectivity index (χ0n) is 18.0. The number of carbonyl (C=O) groups excluding carboxylic acids is 1. The molecule has 3 heterocycles. The molecule has 1 amide bonds. The van der Waals surface area contributed by atoms with E-state index in [2.05, 4.69) is 40.5 Å². The smallest absolute Gasteiger partial charge is 0.233 e. The number of para-hydroxylation sites is 1. The van der Waals surface area contributed by atoms with Gasteiger partial charge in [-0.2, -0.15) is 0 Å². The molecule has 0 N–H and O–H groups in total. The second-order valence-corrected chi connectivity index (χ2v) is 10.1. The standard InChI is InChI=1S/C24H25N5OS2/c1-28-21(14-17-8-3-2-4-9-17)26-27-24(28)31-16-22(30)29-13-7-10-18(15-29)23-25-19-11-5-6-12-20(19)32-23/h2-6,8-9,11-12,18H,7,10,13-16H2,1H3/t18-/m1/s1. The molecule has 8 heteroatoms. The van der Waals surface area contributed by atoms with Crippen LogP contribution in [0.5, 0.6) is 0 Å². The molecule has 0 radical (unpaired) electrons. The third-order valence-corrected chi connectivity index (χ3v) is 8.09. The van der Waals surface area contributed by atoms with E-state index in [9.17, 15) is 4.79 Å². The predicted octanol–water partition coefficient (Wildman–Crippen LogP) is 4.51. The van der Waals surface area contributed by atoms with Crippen LogP contribution in [0.4, 0.5) is 0 Å². The van der Waals surface area contributed by atoms with Crippen LogP contribution in [0.25, 0.3) is 10.2 Å². The maximum atomic E-state index is 13.0. The Balaban J connectivity index is 1.20. The quantitative estimate of drug-likeness (QED) is 0.394. The van der Waals surface area contributed by atoms with Gasteiger partial charge in [0, 0.05) is 32.5 Å². The van der Waals surface area contributed by atoms with E-state index >= 15 is 0 Å². The molecule has 0 bridgehead atoms. The summed E-state index contributed by atoms with van der Waals surface area (Å²) in [4.78, 5) is 19.8. The number of thioether (sulfide) groups is 1. The monoisotopic (exact) mass is 463 g/mol. The molecule has 0 spiro atoms. The molecular formula is C24H25N5OS2. The number of likely N-dealkylation sites (tertiary alicyclic amines) is 1. The van der Waals surface area contributed by atoms with Crippen molar-refractivity contribution < 1.29 is 4.79 Å². The van der Waals surface area contributed by atoms with Crippen LogP contribution < -0.4 is 0 Å². The second-order valence-electron chi connectivity index (χ2n) is 8.11. The largest absolute Gasteiger partial charge is 0.341 e. The zero-order chi connectivity index (χ0) is 21.9. The lowest BCUT2D eigenvalue weighted by molar-refractivity contribution is -0.129. The average molecular weight is 464 g/mol. The molecule has 2 aromatic heterocycles. The van der Waals surface area contributed by atoms with Gasteiger partial charge >= 0.3 is 0 Å². The highest BCUT2D eigenvalue weighted by Gasteiger charge is 2.27. The summed E-state index contributed by atoms with van der Waals surface area (Å²) in [7, 11) is 1.97. The van der Waals surface area contributed by atoms with Crippen LogP contribution in [0.15, 0.2) is 59.8 Å². The molecule has 1 atom stereocenters. The van der Waals surface area contributed by atoms with Gasteiger partial charge in [-0.25, -0.2) is 4.98 Å². The third kappa shape index (κ3) is 4.56. The van der Waals surface area contributed by atoms with Crippen molar-refractivity contribution in [2.75, 3.05) is 18.8 Å². The van der Waals surface area contributed by atoms with Crippen molar-refractivity contribution in [3.63, 3.8) is 0 Å². The number of benzene rings is 2. The van der Waals surface area contributed by atoms with Gasteiger partial charge < -0.3 is 9.47 Å². The fraction of sp³-hybridized carbons (Fsp3) is 0.333. The Morgan fingerprint density at radius 3 is 2.78 bits per heavy atom. The maximum absolute atomic E-state index is 13.0. The van der Waals surface area contributed by atoms with Crippen molar-refractivity contribution in [2.24, 2.45) is 7.05 Å². The minimum Gasteiger partial charge on any atom is -0.341 e. The van der Waals surface area contributed by atoms with Gasteiger partial charge in [0.05, 0.1) is 21.0 Å². The molecule has 0 unspecified atom stereocenters. The highest BCUT2D eigenvalue weighted by Crippen LogP contribution is 2.33. The van der Waals surface area contributed by atoms with Crippen molar-refractivity contribution >= 4 is 39.2 Å². The molecule has 1 aliphatic heterocycles. The summed E-state index contributed by atoms with van der Waals surface area (Å²) in [5, 5.41) is 10.6. The molecule has 2 aromatic carbocycles. The van der Waals surface area contributed by atoms with E-state index in [1.165, 1.54) is 22.0 Å². The first-order chi connectivity index (χ1) is 15.7. The number of hydrogen-bond donors (Lipinski definition) is 0. The lowest BCUT2D eigenvalue weighted by Crippen LogP contribution is -2.40. The number of fused-ring (bicyclic) bond motifs is 1. The van der Waals surface area contributed by atoms with E-state index < -0.39 is 0 Å². The SMILES string of the molecule is Cn1c(Cc2ccccc2)nnc1SCC(=O)N1CCC[C@@H](c2nc3ccccc3s2)C1. The van der Waals surface area contributed by atoms with Crippen molar-refractivity contribution in [1.29, 1.82) is 0 Å². The Kier molecular flexibility index (Phi) is 6.23. The summed E-state index contributed by atoms with van der Waals surface area (Å²) >= 11 is 3.22. The zero-order valence-corrected chi connectivity index (χ0v) is 19.6. The van der Waals surface area contributed by atoms with E-state index in [1.807, 2.05) is 40.8 Å².